The summed E-state index contributed by atoms with van der Waals surface area (Å²) in [6.07, 6.45) is 1.97. The van der Waals surface area contributed by atoms with Gasteiger partial charge in [-0.1, -0.05) is 19.1 Å². The molecule has 0 atom stereocenters. The molecule has 0 saturated carbocycles. The van der Waals surface area contributed by atoms with Crippen molar-refractivity contribution in [2.24, 2.45) is 7.05 Å². The topological polar surface area (TPSA) is 39.9 Å². The van der Waals surface area contributed by atoms with Crippen LogP contribution in [0.2, 0.25) is 0 Å². The van der Waals surface area contributed by atoms with Gasteiger partial charge in [0, 0.05) is 19.0 Å². The van der Waals surface area contributed by atoms with Gasteiger partial charge >= 0.3 is 0 Å². The number of rotatable bonds is 4. The summed E-state index contributed by atoms with van der Waals surface area (Å²) in [7, 11) is 3.58. The Kier molecular flexibility index (Phi) is 3.42. The van der Waals surface area contributed by atoms with Gasteiger partial charge in [0.25, 0.3) is 0 Å². The van der Waals surface area contributed by atoms with Crippen molar-refractivity contribution in [3.63, 3.8) is 0 Å². The van der Waals surface area contributed by atoms with Crippen molar-refractivity contribution in [2.75, 3.05) is 7.11 Å². The molecule has 17 heavy (non-hydrogen) atoms. The van der Waals surface area contributed by atoms with E-state index < -0.39 is 0 Å². The van der Waals surface area contributed by atoms with Crippen molar-refractivity contribution < 1.29 is 4.74 Å². The first-order valence-corrected chi connectivity index (χ1v) is 5.79. The highest BCUT2D eigenvalue weighted by molar-refractivity contribution is 5.57. The van der Waals surface area contributed by atoms with Crippen molar-refractivity contribution in [3.8, 4) is 17.1 Å². The molecular formula is C13H17N3O. The normalized spacial score (nSPS) is 10.5. The summed E-state index contributed by atoms with van der Waals surface area (Å²) < 4.78 is 7.03. The fourth-order valence-electron chi connectivity index (χ4n) is 1.78. The molecule has 0 saturated heterocycles. The fourth-order valence-corrected chi connectivity index (χ4v) is 1.78. The minimum Gasteiger partial charge on any atom is -0.497 e. The SMILES string of the molecule is CCCc1nc(-c2cccc(OC)c2)n(C)n1. The van der Waals surface area contributed by atoms with Crippen molar-refractivity contribution in [1.82, 2.24) is 14.8 Å². The lowest BCUT2D eigenvalue weighted by Crippen LogP contribution is -1.95. The maximum Gasteiger partial charge on any atom is 0.158 e. The highest BCUT2D eigenvalue weighted by atomic mass is 16.5. The van der Waals surface area contributed by atoms with E-state index in [9.17, 15) is 0 Å². The second kappa shape index (κ2) is 4.99. The molecule has 1 heterocycles. The molecule has 0 radical (unpaired) electrons. The van der Waals surface area contributed by atoms with E-state index in [4.69, 9.17) is 4.74 Å². The smallest absolute Gasteiger partial charge is 0.158 e. The van der Waals surface area contributed by atoms with E-state index in [1.54, 1.807) is 7.11 Å². The molecule has 4 heteroatoms. The van der Waals surface area contributed by atoms with Gasteiger partial charge in [0.1, 0.15) is 5.75 Å². The van der Waals surface area contributed by atoms with Crippen LogP contribution in [-0.2, 0) is 13.5 Å². The van der Waals surface area contributed by atoms with E-state index in [1.165, 1.54) is 0 Å². The molecule has 2 rings (SSSR count). The van der Waals surface area contributed by atoms with Crippen LogP contribution in [-0.4, -0.2) is 21.9 Å². The molecule has 0 aliphatic heterocycles. The van der Waals surface area contributed by atoms with E-state index in [0.717, 1.165) is 35.8 Å². The third kappa shape index (κ3) is 2.46. The molecule has 0 aliphatic rings. The van der Waals surface area contributed by atoms with Gasteiger partial charge in [0.05, 0.1) is 7.11 Å². The van der Waals surface area contributed by atoms with E-state index in [0.29, 0.717) is 0 Å². The molecule has 0 bridgehead atoms. The number of hydrogen-bond acceptors (Lipinski definition) is 3. The zero-order valence-electron chi connectivity index (χ0n) is 10.5. The standard InChI is InChI=1S/C13H17N3O/c1-4-6-12-14-13(16(2)15-12)10-7-5-8-11(9-10)17-3/h5,7-9H,4,6H2,1-3H3. The summed E-state index contributed by atoms with van der Waals surface area (Å²) >= 11 is 0. The summed E-state index contributed by atoms with van der Waals surface area (Å²) in [4.78, 5) is 4.54. The summed E-state index contributed by atoms with van der Waals surface area (Å²) in [5, 5.41) is 4.40. The average molecular weight is 231 g/mol. The summed E-state index contributed by atoms with van der Waals surface area (Å²) in [6, 6.07) is 7.87. The largest absolute Gasteiger partial charge is 0.497 e. The maximum absolute atomic E-state index is 5.21. The number of methoxy groups -OCH3 is 1. The number of hydrogen-bond donors (Lipinski definition) is 0. The minimum absolute atomic E-state index is 0.836. The van der Waals surface area contributed by atoms with Crippen LogP contribution in [0.5, 0.6) is 5.75 Å². The predicted molar refractivity (Wildman–Crippen MR) is 67.0 cm³/mol. The molecule has 0 spiro atoms. The van der Waals surface area contributed by atoms with Crippen LogP contribution >= 0.6 is 0 Å². The van der Waals surface area contributed by atoms with Crippen LogP contribution in [0.4, 0.5) is 0 Å². The van der Waals surface area contributed by atoms with E-state index >= 15 is 0 Å². The molecule has 1 aromatic carbocycles. The summed E-state index contributed by atoms with van der Waals surface area (Å²) in [5.41, 5.74) is 1.03. The number of aromatic nitrogens is 3. The monoisotopic (exact) mass is 231 g/mol. The Labute approximate surface area is 101 Å². The van der Waals surface area contributed by atoms with Gasteiger partial charge in [0.15, 0.2) is 11.6 Å². The second-order valence-electron chi connectivity index (χ2n) is 3.96. The lowest BCUT2D eigenvalue weighted by atomic mass is 10.2. The molecule has 0 N–H and O–H groups in total. The van der Waals surface area contributed by atoms with Gasteiger partial charge < -0.3 is 4.74 Å². The molecule has 4 nitrogen and oxygen atoms in total. The van der Waals surface area contributed by atoms with Gasteiger partial charge in [-0.05, 0) is 18.6 Å². The first-order chi connectivity index (χ1) is 8.24. The average Bonchev–Trinajstić information content (AvgIpc) is 2.71. The van der Waals surface area contributed by atoms with Crippen molar-refractivity contribution in [2.45, 2.75) is 19.8 Å². The first kappa shape index (κ1) is 11.6. The first-order valence-electron chi connectivity index (χ1n) is 5.79. The van der Waals surface area contributed by atoms with E-state index in [1.807, 2.05) is 36.0 Å². The van der Waals surface area contributed by atoms with E-state index in [-0.39, 0.29) is 0 Å². The molecule has 0 fully saturated rings. The molecule has 2 aromatic rings. The van der Waals surface area contributed by atoms with Gasteiger partial charge in [-0.3, -0.25) is 0 Å². The third-order valence-corrected chi connectivity index (χ3v) is 2.61. The molecule has 90 valence electrons. The van der Waals surface area contributed by atoms with Crippen molar-refractivity contribution >= 4 is 0 Å². The van der Waals surface area contributed by atoms with Crippen LogP contribution in [0.3, 0.4) is 0 Å². The lowest BCUT2D eigenvalue weighted by molar-refractivity contribution is 0.415. The van der Waals surface area contributed by atoms with Gasteiger partial charge in [-0.25, -0.2) is 9.67 Å². The van der Waals surface area contributed by atoms with Crippen LogP contribution in [0.15, 0.2) is 24.3 Å². The van der Waals surface area contributed by atoms with Gasteiger partial charge in [-0.15, -0.1) is 0 Å². The van der Waals surface area contributed by atoms with Crippen LogP contribution in [0, 0.1) is 0 Å². The molecule has 0 aliphatic carbocycles. The lowest BCUT2D eigenvalue weighted by Gasteiger charge is -2.03. The Morgan fingerprint density at radius 1 is 1.35 bits per heavy atom. The Morgan fingerprint density at radius 2 is 2.18 bits per heavy atom. The molecular weight excluding hydrogens is 214 g/mol. The minimum atomic E-state index is 0.836. The van der Waals surface area contributed by atoms with Gasteiger partial charge in [0.2, 0.25) is 0 Å². The quantitative estimate of drug-likeness (QED) is 0.811. The van der Waals surface area contributed by atoms with Crippen LogP contribution in [0.1, 0.15) is 19.2 Å². The summed E-state index contributed by atoms with van der Waals surface area (Å²) in [6.45, 7) is 2.13. The molecule has 1 aromatic heterocycles. The molecule has 0 unspecified atom stereocenters. The maximum atomic E-state index is 5.21. The van der Waals surface area contributed by atoms with Gasteiger partial charge in [-0.2, -0.15) is 5.10 Å². The zero-order valence-corrected chi connectivity index (χ0v) is 10.5. The fraction of sp³-hybridized carbons (Fsp3) is 0.385. The third-order valence-electron chi connectivity index (χ3n) is 2.61. The summed E-state index contributed by atoms with van der Waals surface area (Å²) in [5.74, 6) is 2.61. The number of aryl methyl sites for hydroxylation is 2. The highest BCUT2D eigenvalue weighted by Crippen LogP contribution is 2.21. The molecule has 0 amide bonds. The van der Waals surface area contributed by atoms with Crippen LogP contribution < -0.4 is 4.74 Å². The second-order valence-corrected chi connectivity index (χ2v) is 3.96. The van der Waals surface area contributed by atoms with E-state index in [2.05, 4.69) is 17.0 Å². The Hall–Kier alpha value is -1.84. The highest BCUT2D eigenvalue weighted by Gasteiger charge is 2.09. The Bertz CT molecular complexity index is 505. The number of nitrogens with zero attached hydrogens (tertiary/aromatic N) is 3. The number of benzene rings is 1. The predicted octanol–water partition coefficient (Wildman–Crippen LogP) is 2.44. The van der Waals surface area contributed by atoms with Crippen molar-refractivity contribution in [3.05, 3.63) is 30.1 Å². The zero-order chi connectivity index (χ0) is 12.3. The Morgan fingerprint density at radius 3 is 2.88 bits per heavy atom. The number of ether oxygens (including phenoxy) is 1. The van der Waals surface area contributed by atoms with Crippen LogP contribution in [0.25, 0.3) is 11.4 Å². The van der Waals surface area contributed by atoms with Crippen molar-refractivity contribution in [1.29, 1.82) is 0 Å². The Balaban J connectivity index is 2.37.